The summed E-state index contributed by atoms with van der Waals surface area (Å²) in [6.45, 7) is 6.16. The first-order valence-electron chi connectivity index (χ1n) is 15.0. The highest BCUT2D eigenvalue weighted by molar-refractivity contribution is 7.99. The van der Waals surface area contributed by atoms with Crippen LogP contribution in [-0.2, 0) is 0 Å². The van der Waals surface area contributed by atoms with Crippen molar-refractivity contribution in [3.8, 4) is 0 Å². The Kier molecular flexibility index (Phi) is 9.69. The molecule has 228 valence electrons. The van der Waals surface area contributed by atoms with Crippen LogP contribution in [-0.4, -0.2) is 80.9 Å². The first-order chi connectivity index (χ1) is 21.4. The largest absolute Gasteiger partial charge is 0.353 e. The molecule has 4 aromatic rings. The second-order valence-electron chi connectivity index (χ2n) is 11.5. The number of likely N-dealkylation sites (N-methyl/N-ethyl adjacent to an activating group) is 1. The van der Waals surface area contributed by atoms with Crippen LogP contribution in [0.5, 0.6) is 0 Å². The smallest absolute Gasteiger partial charge is 0.138 e. The van der Waals surface area contributed by atoms with Gasteiger partial charge in [-0.1, -0.05) is 59.2 Å². The van der Waals surface area contributed by atoms with E-state index in [1.807, 2.05) is 42.1 Å². The second-order valence-corrected chi connectivity index (χ2v) is 13.5. The summed E-state index contributed by atoms with van der Waals surface area (Å²) in [6.07, 6.45) is 1.12. The maximum atomic E-state index is 6.21. The monoisotopic (exact) mass is 644 g/mol. The number of benzene rings is 4. The van der Waals surface area contributed by atoms with Crippen molar-refractivity contribution in [1.29, 1.82) is 0 Å². The van der Waals surface area contributed by atoms with Gasteiger partial charge >= 0.3 is 0 Å². The van der Waals surface area contributed by atoms with Crippen molar-refractivity contribution in [2.75, 3.05) is 70.6 Å². The molecule has 0 bridgehead atoms. The number of piperazine rings is 1. The van der Waals surface area contributed by atoms with Crippen molar-refractivity contribution in [2.24, 2.45) is 4.99 Å². The highest BCUT2D eigenvalue weighted by Gasteiger charge is 2.25. The SMILES string of the molecule is CN(C)CCCN1c2ccccc2Sc2ccc(Cl)cc21.CN1CCN(C2=Nc3cc(Cl)ccc3Nc3ccccc32)CC1. The molecule has 0 spiro atoms. The molecule has 1 N–H and O–H groups in total. The van der Waals surface area contributed by atoms with Crippen molar-refractivity contribution in [3.05, 3.63) is 101 Å². The van der Waals surface area contributed by atoms with Gasteiger partial charge in [-0.2, -0.15) is 0 Å². The lowest BCUT2D eigenvalue weighted by atomic mass is 10.1. The molecule has 3 aliphatic rings. The van der Waals surface area contributed by atoms with Gasteiger partial charge in [-0.15, -0.1) is 0 Å². The number of halogens is 2. The number of para-hydroxylation sites is 2. The van der Waals surface area contributed by atoms with E-state index in [4.69, 9.17) is 28.2 Å². The van der Waals surface area contributed by atoms with Gasteiger partial charge in [-0.05, 0) is 94.8 Å². The number of amidine groups is 1. The van der Waals surface area contributed by atoms with Crippen LogP contribution < -0.4 is 10.2 Å². The van der Waals surface area contributed by atoms with E-state index in [0.717, 1.165) is 79.2 Å². The molecule has 0 saturated carbocycles. The van der Waals surface area contributed by atoms with Gasteiger partial charge < -0.3 is 24.9 Å². The number of hydrogen-bond donors (Lipinski definition) is 1. The normalized spacial score (nSPS) is 15.5. The summed E-state index contributed by atoms with van der Waals surface area (Å²) < 4.78 is 0. The molecule has 7 rings (SSSR count). The third kappa shape index (κ3) is 7.03. The van der Waals surface area contributed by atoms with Crippen molar-refractivity contribution >= 4 is 69.2 Å². The molecular weight excluding hydrogens is 607 g/mol. The maximum Gasteiger partial charge on any atom is 0.138 e. The molecule has 3 heterocycles. The minimum atomic E-state index is 0.706. The molecule has 4 aromatic carbocycles. The lowest BCUT2D eigenvalue weighted by Gasteiger charge is -2.34. The lowest BCUT2D eigenvalue weighted by molar-refractivity contribution is 0.216. The average Bonchev–Trinajstić information content (AvgIpc) is 3.18. The first kappa shape index (κ1) is 30.8. The van der Waals surface area contributed by atoms with Crippen LogP contribution in [0.25, 0.3) is 0 Å². The molecule has 1 fully saturated rings. The van der Waals surface area contributed by atoms with Gasteiger partial charge in [0.25, 0.3) is 0 Å². The quantitative estimate of drug-likeness (QED) is 0.240. The molecule has 0 radical (unpaired) electrons. The summed E-state index contributed by atoms with van der Waals surface area (Å²) >= 11 is 14.2. The van der Waals surface area contributed by atoms with Crippen LogP contribution in [0, 0.1) is 0 Å². The standard InChI is InChI=1S/C18H19ClN4.C17H19ClN2S/c1-22-8-10-23(11-9-22)18-14-4-2-3-5-15(14)20-16-7-6-13(19)12-17(16)21-18;1-19(2)10-5-11-20-14-6-3-4-7-16(14)21-17-9-8-13(18)12-15(17)20/h2-7,12,20H,8-11H2,1H3;3-4,6-9,12H,5,10-11H2,1-2H3. The van der Waals surface area contributed by atoms with E-state index in [9.17, 15) is 0 Å². The molecular formula is C35H38Cl2N6S. The van der Waals surface area contributed by atoms with E-state index >= 15 is 0 Å². The molecule has 0 aliphatic carbocycles. The highest BCUT2D eigenvalue weighted by Crippen LogP contribution is 2.48. The van der Waals surface area contributed by atoms with E-state index in [1.54, 1.807) is 0 Å². The fourth-order valence-corrected chi connectivity index (χ4v) is 7.07. The molecule has 9 heteroatoms. The van der Waals surface area contributed by atoms with Gasteiger partial charge in [0, 0.05) is 63.8 Å². The van der Waals surface area contributed by atoms with Crippen molar-refractivity contribution in [3.63, 3.8) is 0 Å². The van der Waals surface area contributed by atoms with E-state index in [-0.39, 0.29) is 0 Å². The number of nitrogens with one attached hydrogen (secondary N) is 1. The van der Waals surface area contributed by atoms with Gasteiger partial charge in [0.15, 0.2) is 0 Å². The second kappa shape index (κ2) is 13.8. The fourth-order valence-electron chi connectivity index (χ4n) is 5.66. The van der Waals surface area contributed by atoms with Crippen LogP contribution in [0.3, 0.4) is 0 Å². The average molecular weight is 646 g/mol. The number of anilines is 4. The van der Waals surface area contributed by atoms with E-state index in [1.165, 1.54) is 21.2 Å². The van der Waals surface area contributed by atoms with Crippen LogP contribution >= 0.6 is 35.0 Å². The molecule has 3 aliphatic heterocycles. The number of rotatable bonds is 4. The molecule has 0 amide bonds. The van der Waals surface area contributed by atoms with E-state index < -0.39 is 0 Å². The Hall–Kier alpha value is -3.20. The molecule has 0 unspecified atom stereocenters. The van der Waals surface area contributed by atoms with Crippen LogP contribution in [0.4, 0.5) is 28.4 Å². The van der Waals surface area contributed by atoms with Crippen molar-refractivity contribution < 1.29 is 0 Å². The van der Waals surface area contributed by atoms with Gasteiger partial charge in [0.1, 0.15) is 5.84 Å². The third-order valence-electron chi connectivity index (χ3n) is 8.00. The fraction of sp³-hybridized carbons (Fsp3) is 0.286. The van der Waals surface area contributed by atoms with Crippen molar-refractivity contribution in [1.82, 2.24) is 14.7 Å². The van der Waals surface area contributed by atoms with Crippen LogP contribution in [0.2, 0.25) is 10.0 Å². The Labute approximate surface area is 275 Å². The summed E-state index contributed by atoms with van der Waals surface area (Å²) in [7, 11) is 6.40. The molecule has 0 aromatic heterocycles. The number of nitrogens with zero attached hydrogens (tertiary/aromatic N) is 5. The summed E-state index contributed by atoms with van der Waals surface area (Å²) in [4.78, 5) is 16.9. The zero-order valence-corrected chi connectivity index (χ0v) is 27.8. The Balaban J connectivity index is 0.000000157. The van der Waals surface area contributed by atoms with Crippen molar-refractivity contribution in [2.45, 2.75) is 16.2 Å². The number of aliphatic imine (C=N–C) groups is 1. The predicted molar refractivity (Wildman–Crippen MR) is 189 cm³/mol. The van der Waals surface area contributed by atoms with Gasteiger partial charge in [0.2, 0.25) is 0 Å². The highest BCUT2D eigenvalue weighted by atomic mass is 35.5. The topological polar surface area (TPSA) is 37.4 Å². The summed E-state index contributed by atoms with van der Waals surface area (Å²) in [5.74, 6) is 1.03. The Morgan fingerprint density at radius 1 is 0.795 bits per heavy atom. The Morgan fingerprint density at radius 3 is 2.32 bits per heavy atom. The molecule has 1 saturated heterocycles. The van der Waals surface area contributed by atoms with Gasteiger partial charge in [-0.3, -0.25) is 0 Å². The summed E-state index contributed by atoms with van der Waals surface area (Å²) in [5.41, 5.74) is 6.63. The molecule has 0 atom stereocenters. The third-order valence-corrected chi connectivity index (χ3v) is 9.60. The zero-order chi connectivity index (χ0) is 30.6. The van der Waals surface area contributed by atoms with Gasteiger partial charge in [-0.25, -0.2) is 4.99 Å². The van der Waals surface area contributed by atoms with E-state index in [2.05, 4.69) is 101 Å². The predicted octanol–water partition coefficient (Wildman–Crippen LogP) is 8.62. The van der Waals surface area contributed by atoms with Crippen LogP contribution in [0.15, 0.2) is 99.7 Å². The Bertz CT molecular complexity index is 1650. The summed E-state index contributed by atoms with van der Waals surface area (Å²) in [6, 6.07) is 28.9. The molecule has 44 heavy (non-hydrogen) atoms. The number of hydrogen-bond acceptors (Lipinski definition) is 7. The lowest BCUT2D eigenvalue weighted by Crippen LogP contribution is -2.47. The zero-order valence-electron chi connectivity index (χ0n) is 25.4. The maximum absolute atomic E-state index is 6.21. The van der Waals surface area contributed by atoms with Crippen LogP contribution in [0.1, 0.15) is 12.0 Å². The minimum absolute atomic E-state index is 0.706. The van der Waals surface area contributed by atoms with Gasteiger partial charge in [0.05, 0.1) is 22.7 Å². The minimum Gasteiger partial charge on any atom is -0.353 e. The Morgan fingerprint density at radius 2 is 1.50 bits per heavy atom. The molecule has 6 nitrogen and oxygen atoms in total. The number of fused-ring (bicyclic) bond motifs is 4. The first-order valence-corrected chi connectivity index (χ1v) is 16.6. The summed E-state index contributed by atoms with van der Waals surface area (Å²) in [5, 5.41) is 5.00. The van der Waals surface area contributed by atoms with E-state index in [0.29, 0.717) is 5.02 Å².